The van der Waals surface area contributed by atoms with E-state index in [2.05, 4.69) is 34.0 Å². The van der Waals surface area contributed by atoms with Gasteiger partial charge in [-0.2, -0.15) is 0 Å². The van der Waals surface area contributed by atoms with Gasteiger partial charge in [-0.05, 0) is 39.1 Å². The van der Waals surface area contributed by atoms with Crippen molar-refractivity contribution >= 4 is 62.2 Å². The second-order valence-corrected chi connectivity index (χ2v) is 9.69. The molecule has 0 aliphatic carbocycles. The number of amides is 1. The standard InChI is InChI=1S/C22H23Cl2N5OS/c1-13(2)28(3)8-4-5-19(30)29-10-15-18(11-29)31-22-20(15)21(25-12-26-22)27-14-6-7-16(23)17(24)9-14/h4-7,9,12-13H,8,10-11H2,1-3H3,(H,25,26,27). The SMILES string of the molecule is CC(C)N(C)CC=CC(=O)N1Cc2sc3ncnc(Nc4ccc(Cl)c(Cl)c4)c3c2C1. The molecule has 0 atom stereocenters. The normalized spacial score (nSPS) is 13.7. The molecule has 0 saturated carbocycles. The van der Waals surface area contributed by atoms with Crippen molar-refractivity contribution in [2.45, 2.75) is 33.0 Å². The van der Waals surface area contributed by atoms with Gasteiger partial charge in [-0.15, -0.1) is 11.3 Å². The molecule has 1 aliphatic rings. The third-order valence-corrected chi connectivity index (χ3v) is 7.25. The van der Waals surface area contributed by atoms with Gasteiger partial charge in [-0.3, -0.25) is 4.79 Å². The smallest absolute Gasteiger partial charge is 0.246 e. The Balaban J connectivity index is 1.54. The number of benzene rings is 1. The van der Waals surface area contributed by atoms with Crippen molar-refractivity contribution in [1.29, 1.82) is 0 Å². The van der Waals surface area contributed by atoms with E-state index < -0.39 is 0 Å². The first kappa shape index (κ1) is 22.0. The number of carbonyl (C=O) groups excluding carboxylic acids is 1. The van der Waals surface area contributed by atoms with E-state index in [1.807, 2.05) is 24.1 Å². The Bertz CT molecular complexity index is 1160. The van der Waals surface area contributed by atoms with Crippen LogP contribution < -0.4 is 5.32 Å². The Kier molecular flexibility index (Phi) is 6.48. The summed E-state index contributed by atoms with van der Waals surface area (Å²) in [5.74, 6) is 0.717. The predicted octanol–water partition coefficient (Wildman–Crippen LogP) is 5.48. The molecule has 4 rings (SSSR count). The van der Waals surface area contributed by atoms with E-state index in [0.29, 0.717) is 35.0 Å². The van der Waals surface area contributed by atoms with Gasteiger partial charge in [0.15, 0.2) is 0 Å². The van der Waals surface area contributed by atoms with Gasteiger partial charge in [0.25, 0.3) is 0 Å². The molecule has 3 aromatic rings. The quantitative estimate of drug-likeness (QED) is 0.478. The van der Waals surface area contributed by atoms with Crippen LogP contribution in [0.25, 0.3) is 10.2 Å². The topological polar surface area (TPSA) is 61.4 Å². The Morgan fingerprint density at radius 1 is 1.29 bits per heavy atom. The fourth-order valence-corrected chi connectivity index (χ4v) is 4.81. The van der Waals surface area contributed by atoms with Crippen LogP contribution in [0.15, 0.2) is 36.7 Å². The molecule has 1 aromatic carbocycles. The van der Waals surface area contributed by atoms with Gasteiger partial charge in [0.1, 0.15) is 17.0 Å². The third-order valence-electron chi connectivity index (χ3n) is 5.38. The number of aromatic nitrogens is 2. The Morgan fingerprint density at radius 2 is 2.10 bits per heavy atom. The van der Waals surface area contributed by atoms with E-state index in [-0.39, 0.29) is 5.91 Å². The highest BCUT2D eigenvalue weighted by Gasteiger charge is 2.28. The van der Waals surface area contributed by atoms with Crippen LogP contribution in [-0.2, 0) is 17.9 Å². The molecule has 1 N–H and O–H groups in total. The summed E-state index contributed by atoms with van der Waals surface area (Å²) in [6.45, 7) is 6.14. The van der Waals surface area contributed by atoms with Gasteiger partial charge in [0, 0.05) is 41.3 Å². The lowest BCUT2D eigenvalue weighted by molar-refractivity contribution is -0.126. The lowest BCUT2D eigenvalue weighted by Crippen LogP contribution is -2.27. The molecule has 0 bridgehead atoms. The number of likely N-dealkylation sites (N-methyl/N-ethyl adjacent to an activating group) is 1. The number of anilines is 2. The van der Waals surface area contributed by atoms with Crippen molar-refractivity contribution < 1.29 is 4.79 Å². The van der Waals surface area contributed by atoms with Crippen molar-refractivity contribution in [3.63, 3.8) is 0 Å². The molecule has 0 radical (unpaired) electrons. The first-order valence-corrected chi connectivity index (χ1v) is 11.5. The van der Waals surface area contributed by atoms with Gasteiger partial charge >= 0.3 is 0 Å². The summed E-state index contributed by atoms with van der Waals surface area (Å²) in [4.78, 5) is 27.7. The van der Waals surface area contributed by atoms with E-state index in [4.69, 9.17) is 23.2 Å². The molecule has 1 aliphatic heterocycles. The highest BCUT2D eigenvalue weighted by molar-refractivity contribution is 7.19. The first-order valence-electron chi connectivity index (χ1n) is 9.96. The average Bonchev–Trinajstić information content (AvgIpc) is 3.28. The zero-order valence-corrected chi connectivity index (χ0v) is 19.9. The van der Waals surface area contributed by atoms with Gasteiger partial charge in [-0.1, -0.05) is 29.3 Å². The van der Waals surface area contributed by atoms with Crippen molar-refractivity contribution in [3.8, 4) is 0 Å². The lowest BCUT2D eigenvalue weighted by atomic mass is 10.2. The zero-order valence-electron chi connectivity index (χ0n) is 17.5. The summed E-state index contributed by atoms with van der Waals surface area (Å²) in [6.07, 6.45) is 5.14. The molecule has 0 unspecified atom stereocenters. The molecule has 31 heavy (non-hydrogen) atoms. The summed E-state index contributed by atoms with van der Waals surface area (Å²) in [5, 5.41) is 5.24. The van der Waals surface area contributed by atoms with Crippen LogP contribution in [0, 0.1) is 0 Å². The fraction of sp³-hybridized carbons (Fsp3) is 0.318. The van der Waals surface area contributed by atoms with Crippen LogP contribution in [0.3, 0.4) is 0 Å². The van der Waals surface area contributed by atoms with Crippen molar-refractivity contribution in [3.05, 3.63) is 57.2 Å². The molecular weight excluding hydrogens is 453 g/mol. The summed E-state index contributed by atoms with van der Waals surface area (Å²) < 4.78 is 0. The maximum Gasteiger partial charge on any atom is 0.246 e. The molecule has 0 spiro atoms. The molecule has 9 heteroatoms. The number of thiophene rings is 1. The van der Waals surface area contributed by atoms with Crippen molar-refractivity contribution in [2.75, 3.05) is 18.9 Å². The molecule has 6 nitrogen and oxygen atoms in total. The van der Waals surface area contributed by atoms with E-state index in [1.54, 1.807) is 35.9 Å². The summed E-state index contributed by atoms with van der Waals surface area (Å²) >= 11 is 13.8. The van der Waals surface area contributed by atoms with Gasteiger partial charge in [-0.25, -0.2) is 9.97 Å². The first-order chi connectivity index (χ1) is 14.8. The highest BCUT2D eigenvalue weighted by atomic mass is 35.5. The number of carbonyl (C=O) groups is 1. The van der Waals surface area contributed by atoms with E-state index in [0.717, 1.165) is 32.9 Å². The number of halogens is 2. The monoisotopic (exact) mass is 475 g/mol. The van der Waals surface area contributed by atoms with Crippen LogP contribution in [0.1, 0.15) is 24.3 Å². The van der Waals surface area contributed by atoms with Crippen LogP contribution in [0.4, 0.5) is 11.5 Å². The fourth-order valence-electron chi connectivity index (χ4n) is 3.35. The van der Waals surface area contributed by atoms with Crippen LogP contribution in [-0.4, -0.2) is 45.3 Å². The summed E-state index contributed by atoms with van der Waals surface area (Å²) in [6, 6.07) is 5.79. The largest absolute Gasteiger partial charge is 0.340 e. The number of hydrogen-bond acceptors (Lipinski definition) is 6. The molecule has 3 heterocycles. The summed E-state index contributed by atoms with van der Waals surface area (Å²) in [7, 11) is 2.04. The highest BCUT2D eigenvalue weighted by Crippen LogP contribution is 2.40. The average molecular weight is 476 g/mol. The van der Waals surface area contributed by atoms with E-state index in [1.165, 1.54) is 0 Å². The Labute approximate surface area is 195 Å². The number of fused-ring (bicyclic) bond motifs is 3. The Hall–Kier alpha value is -2.19. The van der Waals surface area contributed by atoms with E-state index >= 15 is 0 Å². The molecular formula is C22H23Cl2N5OS. The number of rotatable bonds is 6. The summed E-state index contributed by atoms with van der Waals surface area (Å²) in [5.41, 5.74) is 1.89. The Morgan fingerprint density at radius 3 is 2.84 bits per heavy atom. The molecule has 0 saturated heterocycles. The number of nitrogens with zero attached hydrogens (tertiary/aromatic N) is 4. The minimum atomic E-state index is 0.0181. The second kappa shape index (κ2) is 9.12. The zero-order chi connectivity index (χ0) is 22.1. The molecule has 0 fully saturated rings. The maximum absolute atomic E-state index is 12.7. The van der Waals surface area contributed by atoms with E-state index in [9.17, 15) is 4.79 Å². The number of hydrogen-bond donors (Lipinski definition) is 1. The minimum absolute atomic E-state index is 0.0181. The lowest BCUT2D eigenvalue weighted by Gasteiger charge is -2.19. The van der Waals surface area contributed by atoms with Gasteiger partial charge in [0.05, 0.1) is 22.0 Å². The number of nitrogens with one attached hydrogen (secondary N) is 1. The van der Waals surface area contributed by atoms with Crippen LogP contribution in [0.2, 0.25) is 10.0 Å². The maximum atomic E-state index is 12.7. The van der Waals surface area contributed by atoms with Gasteiger partial charge < -0.3 is 15.1 Å². The van der Waals surface area contributed by atoms with Crippen molar-refractivity contribution in [1.82, 2.24) is 19.8 Å². The van der Waals surface area contributed by atoms with Crippen LogP contribution in [0.5, 0.6) is 0 Å². The second-order valence-electron chi connectivity index (χ2n) is 7.79. The van der Waals surface area contributed by atoms with Crippen LogP contribution >= 0.6 is 34.5 Å². The molecule has 162 valence electrons. The van der Waals surface area contributed by atoms with Crippen molar-refractivity contribution in [2.24, 2.45) is 0 Å². The predicted molar refractivity (Wildman–Crippen MR) is 128 cm³/mol. The third kappa shape index (κ3) is 4.70. The molecule has 2 aromatic heterocycles. The van der Waals surface area contributed by atoms with Gasteiger partial charge in [0.2, 0.25) is 5.91 Å². The molecule has 1 amide bonds. The minimum Gasteiger partial charge on any atom is -0.340 e.